The van der Waals surface area contributed by atoms with Crippen LogP contribution in [0.4, 0.5) is 4.39 Å². The maximum absolute atomic E-state index is 14.3. The molecule has 0 aliphatic carbocycles. The SMILES string of the molecule is O=C(NCc1nc2ncccc2o1)c1nc2ccc(Cl)cn2c1F. The molecule has 24 heavy (non-hydrogen) atoms. The van der Waals surface area contributed by atoms with Crippen LogP contribution in [-0.2, 0) is 6.54 Å². The summed E-state index contributed by atoms with van der Waals surface area (Å²) in [7, 11) is 0. The molecule has 4 aromatic heterocycles. The molecule has 0 saturated carbocycles. The molecule has 0 bridgehead atoms. The van der Waals surface area contributed by atoms with E-state index in [-0.39, 0.29) is 23.8 Å². The van der Waals surface area contributed by atoms with Crippen LogP contribution in [-0.4, -0.2) is 25.3 Å². The van der Waals surface area contributed by atoms with Gasteiger partial charge < -0.3 is 9.73 Å². The molecule has 7 nitrogen and oxygen atoms in total. The highest BCUT2D eigenvalue weighted by Gasteiger charge is 2.19. The Kier molecular flexibility index (Phi) is 3.39. The molecule has 0 atom stereocenters. The van der Waals surface area contributed by atoms with Gasteiger partial charge in [0.25, 0.3) is 5.91 Å². The molecule has 1 amide bonds. The molecule has 0 unspecified atom stereocenters. The van der Waals surface area contributed by atoms with Crippen molar-refractivity contribution in [2.75, 3.05) is 0 Å². The number of hydrogen-bond acceptors (Lipinski definition) is 5. The van der Waals surface area contributed by atoms with Crippen LogP contribution in [0.2, 0.25) is 5.02 Å². The minimum Gasteiger partial charge on any atom is -0.437 e. The van der Waals surface area contributed by atoms with Gasteiger partial charge >= 0.3 is 0 Å². The maximum Gasteiger partial charge on any atom is 0.275 e. The number of oxazole rings is 1. The van der Waals surface area contributed by atoms with E-state index in [2.05, 4.69) is 20.3 Å². The van der Waals surface area contributed by atoms with Gasteiger partial charge in [0.15, 0.2) is 16.9 Å². The van der Waals surface area contributed by atoms with Crippen molar-refractivity contribution in [1.29, 1.82) is 0 Å². The van der Waals surface area contributed by atoms with Gasteiger partial charge in [0.05, 0.1) is 11.6 Å². The standard InChI is InChI=1S/C15H9ClFN5O2/c16-8-3-4-10-20-12(13(17)22(10)7-8)15(23)19-6-11-21-14-9(24-11)2-1-5-18-14/h1-5,7H,6H2,(H,19,23). The molecule has 0 saturated heterocycles. The average Bonchev–Trinajstić information content (AvgIpc) is 3.14. The van der Waals surface area contributed by atoms with E-state index in [1.54, 1.807) is 24.4 Å². The number of carbonyl (C=O) groups is 1. The minimum atomic E-state index is -0.788. The lowest BCUT2D eigenvalue weighted by molar-refractivity contribution is 0.0938. The number of fused-ring (bicyclic) bond motifs is 2. The summed E-state index contributed by atoms with van der Waals surface area (Å²) in [5.74, 6) is -1.20. The van der Waals surface area contributed by atoms with Gasteiger partial charge in [-0.15, -0.1) is 0 Å². The van der Waals surface area contributed by atoms with E-state index < -0.39 is 11.9 Å². The first-order chi connectivity index (χ1) is 11.6. The number of hydrogen-bond donors (Lipinski definition) is 1. The second-order valence-electron chi connectivity index (χ2n) is 4.94. The number of nitrogens with one attached hydrogen (secondary N) is 1. The molecule has 4 aromatic rings. The van der Waals surface area contributed by atoms with Crippen molar-refractivity contribution in [2.45, 2.75) is 6.54 Å². The van der Waals surface area contributed by atoms with Crippen LogP contribution in [0.1, 0.15) is 16.4 Å². The average molecular weight is 346 g/mol. The Morgan fingerprint density at radius 3 is 3.04 bits per heavy atom. The third-order valence-electron chi connectivity index (χ3n) is 3.35. The molecule has 1 N–H and O–H groups in total. The van der Waals surface area contributed by atoms with Crippen molar-refractivity contribution < 1.29 is 13.6 Å². The van der Waals surface area contributed by atoms with Crippen molar-refractivity contribution >= 4 is 34.4 Å². The first kappa shape index (κ1) is 14.6. The van der Waals surface area contributed by atoms with Gasteiger partial charge in [-0.05, 0) is 24.3 Å². The predicted octanol–water partition coefficient (Wildman–Crippen LogP) is 2.59. The Balaban J connectivity index is 1.56. The first-order valence-corrected chi connectivity index (χ1v) is 7.31. The van der Waals surface area contributed by atoms with Crippen molar-refractivity contribution in [3.8, 4) is 0 Å². The fourth-order valence-corrected chi connectivity index (χ4v) is 2.42. The molecule has 0 spiro atoms. The molecule has 0 aromatic carbocycles. The number of rotatable bonds is 3. The molecule has 0 aliphatic rings. The molecule has 4 heterocycles. The highest BCUT2D eigenvalue weighted by Crippen LogP contribution is 2.16. The quantitative estimate of drug-likeness (QED) is 0.617. The second kappa shape index (κ2) is 5.57. The fourth-order valence-electron chi connectivity index (χ4n) is 2.26. The Bertz CT molecular complexity index is 1040. The number of nitrogens with zero attached hydrogens (tertiary/aromatic N) is 4. The predicted molar refractivity (Wildman–Crippen MR) is 83.1 cm³/mol. The summed E-state index contributed by atoms with van der Waals surface area (Å²) in [6.07, 6.45) is 2.94. The zero-order valence-corrected chi connectivity index (χ0v) is 12.8. The molecule has 0 fully saturated rings. The van der Waals surface area contributed by atoms with Gasteiger partial charge in [-0.2, -0.15) is 9.37 Å². The highest BCUT2D eigenvalue weighted by atomic mass is 35.5. The van der Waals surface area contributed by atoms with E-state index in [1.165, 1.54) is 12.3 Å². The van der Waals surface area contributed by atoms with Crippen LogP contribution in [0.3, 0.4) is 0 Å². The van der Waals surface area contributed by atoms with E-state index in [9.17, 15) is 9.18 Å². The van der Waals surface area contributed by atoms with Crippen LogP contribution in [0.15, 0.2) is 41.1 Å². The minimum absolute atomic E-state index is 0.0107. The number of imidazole rings is 1. The summed E-state index contributed by atoms with van der Waals surface area (Å²) < 4.78 is 20.8. The lowest BCUT2D eigenvalue weighted by atomic mass is 10.4. The Morgan fingerprint density at radius 1 is 1.33 bits per heavy atom. The lowest BCUT2D eigenvalue weighted by Gasteiger charge is -1.99. The Labute approximate surface area is 139 Å². The summed E-state index contributed by atoms with van der Waals surface area (Å²) in [4.78, 5) is 24.3. The normalized spacial score (nSPS) is 11.2. The Hall–Kier alpha value is -3.00. The van der Waals surface area contributed by atoms with Gasteiger partial charge in [0.2, 0.25) is 11.8 Å². The van der Waals surface area contributed by atoms with Crippen molar-refractivity contribution in [1.82, 2.24) is 24.7 Å². The third kappa shape index (κ3) is 2.46. The number of pyridine rings is 2. The van der Waals surface area contributed by atoms with Crippen molar-refractivity contribution in [3.05, 3.63) is 59.2 Å². The van der Waals surface area contributed by atoms with E-state index in [1.807, 2.05) is 0 Å². The number of carbonyl (C=O) groups excluding carboxylic acids is 1. The number of amides is 1. The molecule has 0 aliphatic heterocycles. The summed E-state index contributed by atoms with van der Waals surface area (Å²) in [6, 6.07) is 6.52. The molecular formula is C15H9ClFN5O2. The van der Waals surface area contributed by atoms with Crippen LogP contribution in [0, 0.1) is 5.95 Å². The largest absolute Gasteiger partial charge is 0.437 e. The number of halogens is 2. The molecule has 4 rings (SSSR count). The van der Waals surface area contributed by atoms with E-state index >= 15 is 0 Å². The van der Waals surface area contributed by atoms with E-state index in [4.69, 9.17) is 16.0 Å². The lowest BCUT2D eigenvalue weighted by Crippen LogP contribution is -2.24. The topological polar surface area (TPSA) is 85.3 Å². The second-order valence-corrected chi connectivity index (χ2v) is 5.38. The highest BCUT2D eigenvalue weighted by molar-refractivity contribution is 6.30. The van der Waals surface area contributed by atoms with Crippen LogP contribution in [0.25, 0.3) is 16.9 Å². The zero-order chi connectivity index (χ0) is 16.7. The Morgan fingerprint density at radius 2 is 2.21 bits per heavy atom. The monoisotopic (exact) mass is 345 g/mol. The van der Waals surface area contributed by atoms with Gasteiger partial charge in [0.1, 0.15) is 5.65 Å². The first-order valence-electron chi connectivity index (χ1n) is 6.93. The molecule has 120 valence electrons. The molecule has 0 radical (unpaired) electrons. The van der Waals surface area contributed by atoms with E-state index in [0.29, 0.717) is 16.3 Å². The van der Waals surface area contributed by atoms with E-state index in [0.717, 1.165) is 4.40 Å². The maximum atomic E-state index is 14.3. The zero-order valence-electron chi connectivity index (χ0n) is 12.0. The van der Waals surface area contributed by atoms with Gasteiger partial charge in [0, 0.05) is 12.4 Å². The van der Waals surface area contributed by atoms with Crippen LogP contribution < -0.4 is 5.32 Å². The smallest absolute Gasteiger partial charge is 0.275 e. The summed E-state index contributed by atoms with van der Waals surface area (Å²) >= 11 is 5.82. The number of aromatic nitrogens is 4. The van der Waals surface area contributed by atoms with Gasteiger partial charge in [-0.3, -0.25) is 9.20 Å². The summed E-state index contributed by atoms with van der Waals surface area (Å²) in [6.45, 7) is -0.0107. The third-order valence-corrected chi connectivity index (χ3v) is 3.57. The van der Waals surface area contributed by atoms with Gasteiger partial charge in [-0.25, -0.2) is 9.97 Å². The van der Waals surface area contributed by atoms with Gasteiger partial charge in [-0.1, -0.05) is 11.6 Å². The van der Waals surface area contributed by atoms with Crippen molar-refractivity contribution in [2.24, 2.45) is 0 Å². The van der Waals surface area contributed by atoms with Crippen LogP contribution >= 0.6 is 11.6 Å². The van der Waals surface area contributed by atoms with Crippen LogP contribution in [0.5, 0.6) is 0 Å². The molecular weight excluding hydrogens is 337 g/mol. The van der Waals surface area contributed by atoms with Crippen molar-refractivity contribution in [3.63, 3.8) is 0 Å². The summed E-state index contributed by atoms with van der Waals surface area (Å²) in [5, 5.41) is 2.86. The molecule has 9 heteroatoms. The summed E-state index contributed by atoms with van der Waals surface area (Å²) in [5.41, 5.74) is 0.908. The fraction of sp³-hybridized carbons (Fsp3) is 0.0667.